The van der Waals surface area contributed by atoms with Crippen molar-refractivity contribution >= 4 is 17.7 Å². The van der Waals surface area contributed by atoms with Gasteiger partial charge in [0.05, 0.1) is 6.61 Å². The molecule has 0 bridgehead atoms. The number of benzene rings is 1. The van der Waals surface area contributed by atoms with Crippen LogP contribution in [0, 0.1) is 0 Å². The first kappa shape index (κ1) is 13.1. The Bertz CT molecular complexity index is 303. The summed E-state index contributed by atoms with van der Waals surface area (Å²) in [5.41, 5.74) is 0. The summed E-state index contributed by atoms with van der Waals surface area (Å²) >= 11 is 1.70. The van der Waals surface area contributed by atoms with E-state index in [0.717, 1.165) is 5.75 Å². The van der Waals surface area contributed by atoms with E-state index in [1.165, 1.54) is 4.90 Å². The summed E-state index contributed by atoms with van der Waals surface area (Å²) in [5, 5.41) is 2.79. The van der Waals surface area contributed by atoms with Gasteiger partial charge in [-0.05, 0) is 12.1 Å². The normalized spacial score (nSPS) is 10.1. The topological polar surface area (TPSA) is 38.3 Å². The van der Waals surface area contributed by atoms with Gasteiger partial charge in [0.25, 0.3) is 0 Å². The van der Waals surface area contributed by atoms with Gasteiger partial charge in [-0.15, -0.1) is 11.8 Å². The smallest absolute Gasteiger partial charge is 0.220 e. The van der Waals surface area contributed by atoms with Gasteiger partial charge in [0, 0.05) is 30.7 Å². The predicted molar refractivity (Wildman–Crippen MR) is 66.7 cm³/mol. The predicted octanol–water partition coefficient (Wildman–Crippen LogP) is 1.93. The number of rotatable bonds is 7. The molecule has 0 aromatic heterocycles. The average Bonchev–Trinajstić information content (AvgIpc) is 2.31. The van der Waals surface area contributed by atoms with Crippen molar-refractivity contribution in [1.82, 2.24) is 5.32 Å². The Morgan fingerprint density at radius 2 is 2.12 bits per heavy atom. The van der Waals surface area contributed by atoms with Crippen molar-refractivity contribution in [3.63, 3.8) is 0 Å². The molecular formula is C12H17NO2S. The molecule has 0 heterocycles. The van der Waals surface area contributed by atoms with Crippen LogP contribution in [0.5, 0.6) is 0 Å². The maximum Gasteiger partial charge on any atom is 0.220 e. The molecule has 1 rings (SSSR count). The van der Waals surface area contributed by atoms with Crippen LogP contribution in [-0.4, -0.2) is 31.9 Å². The molecule has 4 heteroatoms. The van der Waals surface area contributed by atoms with Crippen molar-refractivity contribution in [3.05, 3.63) is 30.3 Å². The summed E-state index contributed by atoms with van der Waals surface area (Å²) in [4.78, 5) is 12.5. The number of hydrogen-bond donors (Lipinski definition) is 1. The number of amides is 1. The molecular weight excluding hydrogens is 222 g/mol. The minimum absolute atomic E-state index is 0.0838. The highest BCUT2D eigenvalue weighted by Gasteiger charge is 2.00. The van der Waals surface area contributed by atoms with E-state index in [-0.39, 0.29) is 5.91 Å². The Balaban J connectivity index is 2.09. The summed E-state index contributed by atoms with van der Waals surface area (Å²) in [6.45, 7) is 1.16. The quantitative estimate of drug-likeness (QED) is 0.583. The van der Waals surface area contributed by atoms with Crippen molar-refractivity contribution in [2.24, 2.45) is 0 Å². The average molecular weight is 239 g/mol. The van der Waals surface area contributed by atoms with Gasteiger partial charge in [-0.2, -0.15) is 0 Å². The molecule has 1 N–H and O–H groups in total. The summed E-state index contributed by atoms with van der Waals surface area (Å²) in [6, 6.07) is 10.1. The van der Waals surface area contributed by atoms with Gasteiger partial charge >= 0.3 is 0 Å². The largest absolute Gasteiger partial charge is 0.383 e. The van der Waals surface area contributed by atoms with Crippen molar-refractivity contribution in [1.29, 1.82) is 0 Å². The summed E-state index contributed by atoms with van der Waals surface area (Å²) in [7, 11) is 1.62. The lowest BCUT2D eigenvalue weighted by Crippen LogP contribution is -2.27. The number of ether oxygens (including phenoxy) is 1. The third kappa shape index (κ3) is 5.78. The second-order valence-electron chi connectivity index (χ2n) is 3.25. The molecule has 16 heavy (non-hydrogen) atoms. The lowest BCUT2D eigenvalue weighted by atomic mass is 10.4. The van der Waals surface area contributed by atoms with Crippen LogP contribution in [-0.2, 0) is 9.53 Å². The highest BCUT2D eigenvalue weighted by atomic mass is 32.2. The number of carbonyl (C=O) groups excluding carboxylic acids is 1. The Labute approximate surface area is 101 Å². The van der Waals surface area contributed by atoms with Crippen LogP contribution in [0.4, 0.5) is 0 Å². The van der Waals surface area contributed by atoms with Gasteiger partial charge in [-0.3, -0.25) is 4.79 Å². The molecule has 0 fully saturated rings. The number of nitrogens with one attached hydrogen (secondary N) is 1. The van der Waals surface area contributed by atoms with Gasteiger partial charge in [0.2, 0.25) is 5.91 Å². The van der Waals surface area contributed by atoms with E-state index < -0.39 is 0 Å². The zero-order valence-electron chi connectivity index (χ0n) is 9.44. The minimum Gasteiger partial charge on any atom is -0.383 e. The molecule has 1 aromatic rings. The molecule has 1 amide bonds. The lowest BCUT2D eigenvalue weighted by molar-refractivity contribution is -0.120. The van der Waals surface area contributed by atoms with Crippen molar-refractivity contribution in [3.8, 4) is 0 Å². The van der Waals surface area contributed by atoms with E-state index in [9.17, 15) is 4.79 Å². The number of methoxy groups -OCH3 is 1. The molecule has 0 aliphatic heterocycles. The van der Waals surface area contributed by atoms with Gasteiger partial charge in [-0.1, -0.05) is 18.2 Å². The van der Waals surface area contributed by atoms with Gasteiger partial charge in [-0.25, -0.2) is 0 Å². The molecule has 0 aliphatic carbocycles. The second kappa shape index (κ2) is 8.19. The Kier molecular flexibility index (Phi) is 6.69. The lowest BCUT2D eigenvalue weighted by Gasteiger charge is -2.04. The molecule has 3 nitrogen and oxygen atoms in total. The number of hydrogen-bond acceptors (Lipinski definition) is 3. The minimum atomic E-state index is 0.0838. The zero-order valence-corrected chi connectivity index (χ0v) is 10.3. The van der Waals surface area contributed by atoms with Crippen molar-refractivity contribution < 1.29 is 9.53 Å². The van der Waals surface area contributed by atoms with Gasteiger partial charge < -0.3 is 10.1 Å². The van der Waals surface area contributed by atoms with Crippen LogP contribution >= 0.6 is 11.8 Å². The molecule has 0 radical (unpaired) electrons. The number of thioether (sulfide) groups is 1. The monoisotopic (exact) mass is 239 g/mol. The first-order valence-corrected chi connectivity index (χ1v) is 6.25. The van der Waals surface area contributed by atoms with Crippen LogP contribution < -0.4 is 5.32 Å². The van der Waals surface area contributed by atoms with Crippen LogP contribution in [0.1, 0.15) is 6.42 Å². The SMILES string of the molecule is COCCNC(=O)CCSc1ccccc1. The van der Waals surface area contributed by atoms with Gasteiger partial charge in [0.1, 0.15) is 0 Å². The molecule has 0 unspecified atom stereocenters. The fourth-order valence-corrected chi connectivity index (χ4v) is 2.03. The molecule has 1 aromatic carbocycles. The van der Waals surface area contributed by atoms with Crippen LogP contribution in [0.2, 0.25) is 0 Å². The molecule has 0 spiro atoms. The third-order valence-corrected chi connectivity index (χ3v) is 2.98. The van der Waals surface area contributed by atoms with E-state index in [2.05, 4.69) is 5.32 Å². The van der Waals surface area contributed by atoms with Crippen LogP contribution in [0.3, 0.4) is 0 Å². The second-order valence-corrected chi connectivity index (χ2v) is 4.42. The Morgan fingerprint density at radius 1 is 1.38 bits per heavy atom. The highest BCUT2D eigenvalue weighted by molar-refractivity contribution is 7.99. The first-order valence-electron chi connectivity index (χ1n) is 5.26. The number of carbonyl (C=O) groups is 1. The van der Waals surface area contributed by atoms with Crippen molar-refractivity contribution in [2.75, 3.05) is 26.0 Å². The fraction of sp³-hybridized carbons (Fsp3) is 0.417. The van der Waals surface area contributed by atoms with Crippen LogP contribution in [0.15, 0.2) is 35.2 Å². The molecule has 0 aliphatic rings. The van der Waals surface area contributed by atoms with Crippen LogP contribution in [0.25, 0.3) is 0 Å². The zero-order chi connectivity index (χ0) is 11.6. The Morgan fingerprint density at radius 3 is 2.81 bits per heavy atom. The van der Waals surface area contributed by atoms with E-state index in [1.54, 1.807) is 18.9 Å². The van der Waals surface area contributed by atoms with Gasteiger partial charge in [0.15, 0.2) is 0 Å². The maximum absolute atomic E-state index is 11.3. The van der Waals surface area contributed by atoms with E-state index in [1.807, 2.05) is 30.3 Å². The first-order chi connectivity index (χ1) is 7.83. The fourth-order valence-electron chi connectivity index (χ4n) is 1.16. The molecule has 0 saturated carbocycles. The summed E-state index contributed by atoms with van der Waals surface area (Å²) in [6.07, 6.45) is 0.545. The molecule has 0 saturated heterocycles. The highest BCUT2D eigenvalue weighted by Crippen LogP contribution is 2.17. The summed E-state index contributed by atoms with van der Waals surface area (Å²) < 4.78 is 4.85. The third-order valence-electron chi connectivity index (χ3n) is 1.97. The van der Waals surface area contributed by atoms with E-state index >= 15 is 0 Å². The summed E-state index contributed by atoms with van der Waals surface area (Å²) in [5.74, 6) is 0.892. The van der Waals surface area contributed by atoms with E-state index in [0.29, 0.717) is 19.6 Å². The van der Waals surface area contributed by atoms with Crippen molar-refractivity contribution in [2.45, 2.75) is 11.3 Å². The Hall–Kier alpha value is -1.00. The molecule has 88 valence electrons. The van der Waals surface area contributed by atoms with E-state index in [4.69, 9.17) is 4.74 Å². The standard InChI is InChI=1S/C12H17NO2S/c1-15-9-8-13-12(14)7-10-16-11-5-3-2-4-6-11/h2-6H,7-10H2,1H3,(H,13,14). The maximum atomic E-state index is 11.3. The molecule has 0 atom stereocenters.